The van der Waals surface area contributed by atoms with Gasteiger partial charge in [-0.25, -0.2) is 13.1 Å². The van der Waals surface area contributed by atoms with E-state index in [0.717, 1.165) is 0 Å². The topological polar surface area (TPSA) is 92.4 Å². The molecular formula is C12H19BrN2O3S. The van der Waals surface area contributed by atoms with E-state index in [2.05, 4.69) is 20.7 Å². The van der Waals surface area contributed by atoms with Crippen LogP contribution in [-0.2, 0) is 10.0 Å². The minimum Gasteiger partial charge on any atom is -0.399 e. The van der Waals surface area contributed by atoms with Gasteiger partial charge in [0.25, 0.3) is 0 Å². The molecule has 0 radical (unpaired) electrons. The minimum absolute atomic E-state index is 0.0660. The van der Waals surface area contributed by atoms with E-state index in [1.165, 1.54) is 6.07 Å². The molecule has 0 spiro atoms. The molecule has 1 rings (SSSR count). The van der Waals surface area contributed by atoms with E-state index in [0.29, 0.717) is 16.6 Å². The zero-order chi connectivity index (χ0) is 14.6. The predicted octanol–water partition coefficient (Wildman–Crippen LogP) is 1.72. The number of benzene rings is 1. The number of anilines is 1. The van der Waals surface area contributed by atoms with Crippen molar-refractivity contribution in [3.8, 4) is 0 Å². The summed E-state index contributed by atoms with van der Waals surface area (Å²) in [6.45, 7) is 3.73. The largest absolute Gasteiger partial charge is 0.399 e. The summed E-state index contributed by atoms with van der Waals surface area (Å²) in [6, 6.07) is 4.31. The van der Waals surface area contributed by atoms with Crippen molar-refractivity contribution < 1.29 is 13.5 Å². The van der Waals surface area contributed by atoms with Crippen molar-refractivity contribution in [2.75, 3.05) is 12.3 Å². The normalized spacial score (nSPS) is 13.7. The first-order valence-corrected chi connectivity index (χ1v) is 8.23. The second-order valence-corrected chi connectivity index (χ2v) is 7.21. The number of hydrogen-bond donors (Lipinski definition) is 3. The van der Waals surface area contributed by atoms with Crippen LogP contribution in [0.1, 0.15) is 20.3 Å². The highest BCUT2D eigenvalue weighted by Crippen LogP contribution is 2.25. The summed E-state index contributed by atoms with van der Waals surface area (Å²) in [6.07, 6.45) is 0.372. The Labute approximate surface area is 122 Å². The molecule has 19 heavy (non-hydrogen) atoms. The zero-order valence-electron chi connectivity index (χ0n) is 10.9. The number of halogens is 1. The average Bonchev–Trinajstić information content (AvgIpc) is 2.31. The Morgan fingerprint density at radius 3 is 2.58 bits per heavy atom. The van der Waals surface area contributed by atoms with Crippen LogP contribution >= 0.6 is 15.9 Å². The molecule has 0 fully saturated rings. The van der Waals surface area contributed by atoms with Gasteiger partial charge in [0.05, 0.1) is 4.90 Å². The highest BCUT2D eigenvalue weighted by Gasteiger charge is 2.24. The molecule has 0 aliphatic carbocycles. The molecule has 1 aromatic rings. The molecule has 108 valence electrons. The van der Waals surface area contributed by atoms with Crippen LogP contribution in [0.4, 0.5) is 5.69 Å². The molecule has 0 aliphatic heterocycles. The van der Waals surface area contributed by atoms with Crippen LogP contribution in [0.5, 0.6) is 0 Å². The molecule has 5 nitrogen and oxygen atoms in total. The van der Waals surface area contributed by atoms with Crippen LogP contribution in [0.2, 0.25) is 0 Å². The van der Waals surface area contributed by atoms with Gasteiger partial charge in [0.1, 0.15) is 0 Å². The summed E-state index contributed by atoms with van der Waals surface area (Å²) in [4.78, 5) is 0.107. The zero-order valence-corrected chi connectivity index (χ0v) is 13.3. The quantitative estimate of drug-likeness (QED) is 0.681. The van der Waals surface area contributed by atoms with Gasteiger partial charge in [-0.1, -0.05) is 13.8 Å². The lowest BCUT2D eigenvalue weighted by molar-refractivity contribution is 0.256. The van der Waals surface area contributed by atoms with Gasteiger partial charge in [-0.05, 0) is 46.5 Å². The number of sulfonamides is 1. The summed E-state index contributed by atoms with van der Waals surface area (Å²) in [5.41, 5.74) is 6.00. The van der Waals surface area contributed by atoms with E-state index in [1.807, 2.05) is 13.8 Å². The number of nitrogens with one attached hydrogen (secondary N) is 1. The van der Waals surface area contributed by atoms with Gasteiger partial charge in [-0.15, -0.1) is 0 Å². The third kappa shape index (κ3) is 4.45. The van der Waals surface area contributed by atoms with Crippen LogP contribution in [0.3, 0.4) is 0 Å². The fourth-order valence-electron chi connectivity index (χ4n) is 1.66. The molecule has 4 N–H and O–H groups in total. The molecule has 0 bridgehead atoms. The van der Waals surface area contributed by atoms with Crippen molar-refractivity contribution in [2.45, 2.75) is 31.2 Å². The second kappa shape index (κ2) is 6.69. The Morgan fingerprint density at radius 1 is 1.42 bits per heavy atom. The fraction of sp³-hybridized carbons (Fsp3) is 0.500. The van der Waals surface area contributed by atoms with Gasteiger partial charge in [-0.3, -0.25) is 0 Å². The first-order valence-electron chi connectivity index (χ1n) is 5.96. The van der Waals surface area contributed by atoms with E-state index in [1.54, 1.807) is 12.1 Å². The van der Waals surface area contributed by atoms with Crippen LogP contribution in [-0.4, -0.2) is 26.2 Å². The number of nitrogens with two attached hydrogens (primary N) is 1. The molecule has 0 saturated heterocycles. The third-order valence-corrected chi connectivity index (χ3v) is 5.28. The lowest BCUT2D eigenvalue weighted by Crippen LogP contribution is -2.39. The van der Waals surface area contributed by atoms with E-state index >= 15 is 0 Å². The smallest absolute Gasteiger partial charge is 0.242 e. The van der Waals surface area contributed by atoms with Crippen molar-refractivity contribution in [3.05, 3.63) is 22.7 Å². The Morgan fingerprint density at radius 2 is 2.05 bits per heavy atom. The molecule has 7 heteroatoms. The van der Waals surface area contributed by atoms with Gasteiger partial charge < -0.3 is 10.8 Å². The van der Waals surface area contributed by atoms with Crippen LogP contribution < -0.4 is 10.5 Å². The molecule has 0 heterocycles. The molecule has 0 aromatic heterocycles. The summed E-state index contributed by atoms with van der Waals surface area (Å²) >= 11 is 3.21. The molecule has 0 aliphatic rings. The van der Waals surface area contributed by atoms with Crippen molar-refractivity contribution in [3.63, 3.8) is 0 Å². The maximum atomic E-state index is 12.3. The predicted molar refractivity (Wildman–Crippen MR) is 79.2 cm³/mol. The minimum atomic E-state index is -3.67. The average molecular weight is 351 g/mol. The van der Waals surface area contributed by atoms with Crippen LogP contribution in [0, 0.1) is 5.92 Å². The molecule has 1 unspecified atom stereocenters. The Bertz CT molecular complexity index is 532. The standard InChI is InChI=1S/C12H19BrN2O3S/c1-8(2)11(5-6-16)15-19(17,18)12-7-9(14)3-4-10(12)13/h3-4,7-8,11,15-16H,5-6,14H2,1-2H3. The highest BCUT2D eigenvalue weighted by atomic mass is 79.9. The van der Waals surface area contributed by atoms with E-state index in [4.69, 9.17) is 10.8 Å². The number of hydrogen-bond acceptors (Lipinski definition) is 4. The summed E-state index contributed by atoms with van der Waals surface area (Å²) < 4.78 is 27.7. The van der Waals surface area contributed by atoms with Gasteiger partial charge >= 0.3 is 0 Å². The monoisotopic (exact) mass is 350 g/mol. The van der Waals surface area contributed by atoms with Crippen molar-refractivity contribution in [2.24, 2.45) is 5.92 Å². The van der Waals surface area contributed by atoms with Crippen molar-refractivity contribution in [1.29, 1.82) is 0 Å². The summed E-state index contributed by atoms with van der Waals surface area (Å²) in [5.74, 6) is 0.0850. The molecule has 1 atom stereocenters. The Hall–Kier alpha value is -0.630. The molecule has 1 aromatic carbocycles. The number of aliphatic hydroxyl groups excluding tert-OH is 1. The van der Waals surface area contributed by atoms with Gasteiger partial charge in [0.15, 0.2) is 0 Å². The molecular weight excluding hydrogens is 332 g/mol. The number of aliphatic hydroxyl groups is 1. The Balaban J connectivity index is 3.06. The fourth-order valence-corrected chi connectivity index (χ4v) is 4.07. The maximum absolute atomic E-state index is 12.3. The summed E-state index contributed by atoms with van der Waals surface area (Å²) in [7, 11) is -3.67. The van der Waals surface area contributed by atoms with Gasteiger partial charge in [0.2, 0.25) is 10.0 Å². The van der Waals surface area contributed by atoms with Crippen LogP contribution in [0.25, 0.3) is 0 Å². The maximum Gasteiger partial charge on any atom is 0.242 e. The van der Waals surface area contributed by atoms with E-state index < -0.39 is 10.0 Å². The van der Waals surface area contributed by atoms with Gasteiger partial charge in [0, 0.05) is 22.8 Å². The van der Waals surface area contributed by atoms with Crippen LogP contribution in [0.15, 0.2) is 27.6 Å². The number of nitrogen functional groups attached to an aromatic ring is 1. The second-order valence-electron chi connectivity index (χ2n) is 4.67. The first-order chi connectivity index (χ1) is 8.77. The lowest BCUT2D eigenvalue weighted by Gasteiger charge is -2.21. The van der Waals surface area contributed by atoms with Crippen molar-refractivity contribution >= 4 is 31.6 Å². The van der Waals surface area contributed by atoms with Crippen molar-refractivity contribution in [1.82, 2.24) is 4.72 Å². The Kier molecular flexibility index (Phi) is 5.79. The first kappa shape index (κ1) is 16.4. The van der Waals surface area contributed by atoms with E-state index in [-0.39, 0.29) is 23.5 Å². The van der Waals surface area contributed by atoms with E-state index in [9.17, 15) is 8.42 Å². The lowest BCUT2D eigenvalue weighted by atomic mass is 10.0. The molecule has 0 amide bonds. The third-order valence-electron chi connectivity index (χ3n) is 2.80. The SMILES string of the molecule is CC(C)C(CCO)NS(=O)(=O)c1cc(N)ccc1Br. The summed E-state index contributed by atoms with van der Waals surface area (Å²) in [5, 5.41) is 8.99. The highest BCUT2D eigenvalue weighted by molar-refractivity contribution is 9.10. The molecule has 0 saturated carbocycles. The number of rotatable bonds is 6. The van der Waals surface area contributed by atoms with Gasteiger partial charge in [-0.2, -0.15) is 0 Å².